The topological polar surface area (TPSA) is 109 Å². The predicted molar refractivity (Wildman–Crippen MR) is 115 cm³/mol. The fourth-order valence-electron chi connectivity index (χ4n) is 3.05. The van der Waals surface area contributed by atoms with Gasteiger partial charge in [0.1, 0.15) is 22.7 Å². The number of nitrogens with zero attached hydrogens (tertiary/aromatic N) is 2. The third-order valence-corrected chi connectivity index (χ3v) is 4.64. The number of carbonyl (C=O) groups excluding carboxylic acids is 2. The van der Waals surface area contributed by atoms with Crippen LogP contribution in [0.4, 0.5) is 5.69 Å². The number of esters is 1. The molecule has 1 amide bonds. The summed E-state index contributed by atoms with van der Waals surface area (Å²) in [7, 11) is 2.96. The number of amides is 1. The van der Waals surface area contributed by atoms with E-state index in [1.165, 1.54) is 20.4 Å². The van der Waals surface area contributed by atoms with E-state index >= 15 is 0 Å². The second kappa shape index (κ2) is 9.29. The molecule has 1 N–H and O–H groups in total. The molecule has 0 saturated carbocycles. The van der Waals surface area contributed by atoms with Gasteiger partial charge in [-0.05, 0) is 38.1 Å². The first-order chi connectivity index (χ1) is 14.9. The minimum atomic E-state index is -0.887. The molecule has 0 saturated heterocycles. The van der Waals surface area contributed by atoms with E-state index in [1.807, 2.05) is 13.8 Å². The Morgan fingerprint density at radius 3 is 2.58 bits per heavy atom. The molecule has 31 heavy (non-hydrogen) atoms. The minimum Gasteiger partial charge on any atom is -0.497 e. The van der Waals surface area contributed by atoms with E-state index in [-0.39, 0.29) is 5.56 Å². The summed E-state index contributed by atoms with van der Waals surface area (Å²) in [6, 6.07) is 8.23. The molecule has 0 aliphatic rings. The molecule has 0 radical (unpaired) electrons. The van der Waals surface area contributed by atoms with Gasteiger partial charge in [-0.15, -0.1) is 0 Å². The first kappa shape index (κ1) is 21.8. The number of fused-ring (bicyclic) bond motifs is 1. The Kier molecular flexibility index (Phi) is 6.54. The Morgan fingerprint density at radius 2 is 1.90 bits per heavy atom. The van der Waals surface area contributed by atoms with Crippen LogP contribution < -0.4 is 20.2 Å². The minimum absolute atomic E-state index is 0.160. The molecule has 2 heterocycles. The maximum absolute atomic E-state index is 12.8. The van der Waals surface area contributed by atoms with E-state index in [9.17, 15) is 14.4 Å². The largest absolute Gasteiger partial charge is 0.497 e. The van der Waals surface area contributed by atoms with Gasteiger partial charge in [0.25, 0.3) is 5.91 Å². The molecule has 1 aromatic carbocycles. The van der Waals surface area contributed by atoms with Crippen molar-refractivity contribution in [2.45, 2.75) is 20.4 Å². The van der Waals surface area contributed by atoms with Crippen molar-refractivity contribution in [1.82, 2.24) is 9.55 Å². The van der Waals surface area contributed by atoms with Crippen LogP contribution in [-0.2, 0) is 16.1 Å². The standard InChI is InChI=1S/C22H23N3O6/c1-5-25-11-16(20(27)15-8-6-13(2)23-21(15)25)22(28)31-12-19(26)24-17-10-14(29-3)7-9-18(17)30-4/h6-11H,5,12H2,1-4H3,(H,24,26). The molecule has 0 unspecified atom stereocenters. The van der Waals surface area contributed by atoms with E-state index in [0.29, 0.717) is 34.8 Å². The van der Waals surface area contributed by atoms with Crippen molar-refractivity contribution < 1.29 is 23.8 Å². The quantitative estimate of drug-likeness (QED) is 0.580. The number of hydrogen-bond acceptors (Lipinski definition) is 7. The summed E-state index contributed by atoms with van der Waals surface area (Å²) >= 11 is 0. The van der Waals surface area contributed by atoms with Crippen molar-refractivity contribution >= 4 is 28.6 Å². The van der Waals surface area contributed by atoms with Gasteiger partial charge in [0.05, 0.1) is 25.3 Å². The fourth-order valence-corrected chi connectivity index (χ4v) is 3.05. The van der Waals surface area contributed by atoms with Gasteiger partial charge in [-0.1, -0.05) is 0 Å². The second-order valence-electron chi connectivity index (χ2n) is 6.67. The Morgan fingerprint density at radius 1 is 1.13 bits per heavy atom. The molecule has 162 valence electrons. The number of aromatic nitrogens is 2. The van der Waals surface area contributed by atoms with E-state index in [1.54, 1.807) is 34.9 Å². The highest BCUT2D eigenvalue weighted by molar-refractivity contribution is 5.97. The molecule has 9 heteroatoms. The first-order valence-electron chi connectivity index (χ1n) is 9.57. The van der Waals surface area contributed by atoms with Gasteiger partial charge in [0, 0.05) is 24.5 Å². The highest BCUT2D eigenvalue weighted by Crippen LogP contribution is 2.28. The van der Waals surface area contributed by atoms with Crippen LogP contribution in [-0.4, -0.2) is 42.3 Å². The molecule has 9 nitrogen and oxygen atoms in total. The van der Waals surface area contributed by atoms with E-state index in [4.69, 9.17) is 14.2 Å². The van der Waals surface area contributed by atoms with Gasteiger partial charge in [0.2, 0.25) is 5.43 Å². The van der Waals surface area contributed by atoms with Gasteiger partial charge >= 0.3 is 5.97 Å². The lowest BCUT2D eigenvalue weighted by Crippen LogP contribution is -2.25. The number of methoxy groups -OCH3 is 2. The van der Waals surface area contributed by atoms with Crippen molar-refractivity contribution in [3.05, 3.63) is 58.0 Å². The number of benzene rings is 1. The zero-order valence-electron chi connectivity index (χ0n) is 17.7. The van der Waals surface area contributed by atoms with Crippen LogP contribution in [0.25, 0.3) is 11.0 Å². The highest BCUT2D eigenvalue weighted by Gasteiger charge is 2.19. The van der Waals surface area contributed by atoms with E-state index in [2.05, 4.69) is 10.3 Å². The number of aryl methyl sites for hydroxylation is 2. The van der Waals surface area contributed by atoms with Crippen molar-refractivity contribution in [3.8, 4) is 11.5 Å². The van der Waals surface area contributed by atoms with Crippen LogP contribution in [0, 0.1) is 6.92 Å². The molecule has 0 atom stereocenters. The van der Waals surface area contributed by atoms with Crippen LogP contribution >= 0.6 is 0 Å². The Balaban J connectivity index is 1.78. The molecule has 3 aromatic rings. The van der Waals surface area contributed by atoms with Gasteiger partial charge in [-0.2, -0.15) is 0 Å². The molecular weight excluding hydrogens is 402 g/mol. The van der Waals surface area contributed by atoms with Crippen LogP contribution in [0.5, 0.6) is 11.5 Å². The maximum Gasteiger partial charge on any atom is 0.344 e. The lowest BCUT2D eigenvalue weighted by molar-refractivity contribution is -0.119. The summed E-state index contributed by atoms with van der Waals surface area (Å²) in [5.41, 5.74) is 0.961. The number of rotatable bonds is 7. The van der Waals surface area contributed by atoms with Gasteiger partial charge in [-0.3, -0.25) is 9.59 Å². The van der Waals surface area contributed by atoms with Gasteiger partial charge in [0.15, 0.2) is 6.61 Å². The molecule has 0 aliphatic carbocycles. The number of pyridine rings is 2. The number of anilines is 1. The third-order valence-electron chi connectivity index (χ3n) is 4.64. The van der Waals surface area contributed by atoms with Gasteiger partial charge < -0.3 is 24.1 Å². The number of hydrogen-bond donors (Lipinski definition) is 1. The fraction of sp³-hybridized carbons (Fsp3) is 0.273. The SMILES string of the molecule is CCn1cc(C(=O)OCC(=O)Nc2cc(OC)ccc2OC)c(=O)c2ccc(C)nc21. The Bertz CT molecular complexity index is 1200. The average molecular weight is 425 g/mol. The second-order valence-corrected chi connectivity index (χ2v) is 6.67. The predicted octanol–water partition coefficient (Wildman–Crippen LogP) is 2.54. The van der Waals surface area contributed by atoms with Crippen LogP contribution in [0.3, 0.4) is 0 Å². The summed E-state index contributed by atoms with van der Waals surface area (Å²) in [5, 5.41) is 2.91. The van der Waals surface area contributed by atoms with Crippen molar-refractivity contribution in [2.75, 3.05) is 26.1 Å². The van der Waals surface area contributed by atoms with Gasteiger partial charge in [-0.25, -0.2) is 9.78 Å². The molecule has 0 aliphatic heterocycles. The van der Waals surface area contributed by atoms with Crippen molar-refractivity contribution in [3.63, 3.8) is 0 Å². The Labute approximate surface area is 178 Å². The number of carbonyl (C=O) groups is 2. The van der Waals surface area contributed by atoms with Crippen molar-refractivity contribution in [2.24, 2.45) is 0 Å². The molecular formula is C22H23N3O6. The molecule has 0 fully saturated rings. The molecule has 0 bridgehead atoms. The normalized spacial score (nSPS) is 10.6. The first-order valence-corrected chi connectivity index (χ1v) is 9.57. The van der Waals surface area contributed by atoms with Crippen LogP contribution in [0.15, 0.2) is 41.3 Å². The lowest BCUT2D eigenvalue weighted by Gasteiger charge is -2.13. The van der Waals surface area contributed by atoms with Crippen LogP contribution in [0.2, 0.25) is 0 Å². The van der Waals surface area contributed by atoms with Crippen molar-refractivity contribution in [1.29, 1.82) is 0 Å². The number of ether oxygens (including phenoxy) is 3. The third kappa shape index (κ3) is 4.66. The smallest absolute Gasteiger partial charge is 0.344 e. The van der Waals surface area contributed by atoms with Crippen LogP contribution in [0.1, 0.15) is 23.0 Å². The summed E-state index contributed by atoms with van der Waals surface area (Å²) in [6.45, 7) is 3.62. The monoisotopic (exact) mass is 425 g/mol. The molecule has 3 rings (SSSR count). The summed E-state index contributed by atoms with van der Waals surface area (Å²) < 4.78 is 17.1. The van der Waals surface area contributed by atoms with E-state index < -0.39 is 23.9 Å². The number of nitrogens with one attached hydrogen (secondary N) is 1. The average Bonchev–Trinajstić information content (AvgIpc) is 2.77. The molecule has 0 spiro atoms. The zero-order valence-corrected chi connectivity index (χ0v) is 17.7. The molecule has 2 aromatic heterocycles. The lowest BCUT2D eigenvalue weighted by atomic mass is 10.2. The maximum atomic E-state index is 12.8. The summed E-state index contributed by atoms with van der Waals surface area (Å²) in [5.74, 6) is -0.534. The highest BCUT2D eigenvalue weighted by atomic mass is 16.5. The summed E-state index contributed by atoms with van der Waals surface area (Å²) in [4.78, 5) is 42.0. The van der Waals surface area contributed by atoms with E-state index in [0.717, 1.165) is 5.69 Å². The summed E-state index contributed by atoms with van der Waals surface area (Å²) in [6.07, 6.45) is 1.41. The zero-order chi connectivity index (χ0) is 22.5. The Hall–Kier alpha value is -3.88.